The molecule has 0 heterocycles. The van der Waals surface area contributed by atoms with E-state index in [2.05, 4.69) is 12.4 Å². The zero-order chi connectivity index (χ0) is 8.39. The van der Waals surface area contributed by atoms with Gasteiger partial charge in [0.15, 0.2) is 0 Å². The molecule has 0 amide bonds. The second-order valence-electron chi connectivity index (χ2n) is 2.94. The molecule has 0 saturated carbocycles. The van der Waals surface area contributed by atoms with E-state index in [4.69, 9.17) is 0 Å². The maximum absolute atomic E-state index is 10.6. The maximum Gasteiger partial charge on any atom is 0.206 e. The molecule has 1 aliphatic carbocycles. The van der Waals surface area contributed by atoms with Crippen LogP contribution in [-0.2, 0) is 4.79 Å². The van der Waals surface area contributed by atoms with Crippen LogP contribution in [0.4, 0.5) is 0 Å². The van der Waals surface area contributed by atoms with Crippen molar-refractivity contribution >= 4 is 12.4 Å². The molecule has 1 aliphatic rings. The average molecular weight is 157 g/mol. The van der Waals surface area contributed by atoms with Gasteiger partial charge in [0.2, 0.25) is 6.29 Å². The molecule has 1 atom stereocenters. The topological polar surface area (TPSA) is 17.1 Å². The van der Waals surface area contributed by atoms with Crippen LogP contribution in [-0.4, -0.2) is 6.29 Å². The van der Waals surface area contributed by atoms with Crippen LogP contribution >= 0.6 is 0 Å². The summed E-state index contributed by atoms with van der Waals surface area (Å²) in [5, 5.41) is 0. The van der Waals surface area contributed by atoms with Gasteiger partial charge in [-0.1, -0.05) is 36.4 Å². The minimum Gasteiger partial charge on any atom is -0.290 e. The lowest BCUT2D eigenvalue weighted by atomic mass is 9.88. The lowest BCUT2D eigenvalue weighted by Crippen LogP contribution is -2.04. The molecule has 1 aromatic rings. The average Bonchev–Trinajstić information content (AvgIpc) is 2.17. The zero-order valence-electron chi connectivity index (χ0n) is 6.66. The molecule has 0 fully saturated rings. The molecule has 2 rings (SSSR count). The maximum atomic E-state index is 10.6. The largest absolute Gasteiger partial charge is 0.290 e. The van der Waals surface area contributed by atoms with E-state index in [1.54, 1.807) is 0 Å². The van der Waals surface area contributed by atoms with Crippen LogP contribution in [0.3, 0.4) is 0 Å². The van der Waals surface area contributed by atoms with E-state index in [0.29, 0.717) is 0 Å². The molecular weight excluding hydrogens is 148 g/mol. The molecule has 12 heavy (non-hydrogen) atoms. The first-order valence-corrected chi connectivity index (χ1v) is 4.05. The van der Waals surface area contributed by atoms with Gasteiger partial charge >= 0.3 is 0 Å². The molecule has 59 valence electrons. The summed E-state index contributed by atoms with van der Waals surface area (Å²) in [7, 11) is 0. The van der Waals surface area contributed by atoms with Crippen LogP contribution in [0, 0.1) is 0 Å². The standard InChI is InChI=1S/C11H9O/c12-8-10-6-3-5-9-4-1-2-7-11(9)10/h1-5,7,10H,6H2. The van der Waals surface area contributed by atoms with Crippen molar-refractivity contribution in [3.63, 3.8) is 0 Å². The van der Waals surface area contributed by atoms with E-state index in [1.165, 1.54) is 0 Å². The van der Waals surface area contributed by atoms with Gasteiger partial charge in [0, 0.05) is 0 Å². The second kappa shape index (κ2) is 2.94. The molecule has 1 aromatic carbocycles. The Labute approximate surface area is 71.7 Å². The van der Waals surface area contributed by atoms with Gasteiger partial charge in [0.25, 0.3) is 0 Å². The van der Waals surface area contributed by atoms with E-state index in [1.807, 2.05) is 30.3 Å². The highest BCUT2D eigenvalue weighted by Gasteiger charge is 2.15. The Bertz CT molecular complexity index is 326. The van der Waals surface area contributed by atoms with Gasteiger partial charge in [-0.2, -0.15) is 0 Å². The fourth-order valence-electron chi connectivity index (χ4n) is 1.55. The number of allylic oxidation sites excluding steroid dienone is 1. The fourth-order valence-corrected chi connectivity index (χ4v) is 1.55. The van der Waals surface area contributed by atoms with Crippen LogP contribution in [0.15, 0.2) is 30.3 Å². The second-order valence-corrected chi connectivity index (χ2v) is 2.94. The van der Waals surface area contributed by atoms with Gasteiger partial charge in [-0.3, -0.25) is 4.79 Å². The highest BCUT2D eigenvalue weighted by Crippen LogP contribution is 2.27. The van der Waals surface area contributed by atoms with Gasteiger partial charge < -0.3 is 0 Å². The van der Waals surface area contributed by atoms with Crippen molar-refractivity contribution in [2.75, 3.05) is 0 Å². The minimum atomic E-state index is -0.0498. The molecule has 0 bridgehead atoms. The molecule has 0 aromatic heterocycles. The third-order valence-corrected chi connectivity index (χ3v) is 2.18. The van der Waals surface area contributed by atoms with E-state index >= 15 is 0 Å². The smallest absolute Gasteiger partial charge is 0.206 e. The van der Waals surface area contributed by atoms with Gasteiger partial charge in [-0.25, -0.2) is 0 Å². The highest BCUT2D eigenvalue weighted by atomic mass is 16.1. The molecule has 0 aliphatic heterocycles. The number of carbonyl (C=O) groups excluding carboxylic acids is 1. The summed E-state index contributed by atoms with van der Waals surface area (Å²) in [6.45, 7) is 0. The predicted molar refractivity (Wildman–Crippen MR) is 48.5 cm³/mol. The summed E-state index contributed by atoms with van der Waals surface area (Å²) in [5.41, 5.74) is 2.26. The molecular formula is C11H9O. The van der Waals surface area contributed by atoms with Crippen LogP contribution in [0.25, 0.3) is 6.08 Å². The molecule has 1 nitrogen and oxygen atoms in total. The third-order valence-electron chi connectivity index (χ3n) is 2.18. The van der Waals surface area contributed by atoms with Gasteiger partial charge in [-0.05, 0) is 17.5 Å². The molecule has 1 unspecified atom stereocenters. The Balaban J connectivity index is 2.52. The number of benzene rings is 1. The Morgan fingerprint density at radius 2 is 2.17 bits per heavy atom. The fraction of sp³-hybridized carbons (Fsp3) is 0.182. The van der Waals surface area contributed by atoms with Crippen molar-refractivity contribution in [3.8, 4) is 0 Å². The Morgan fingerprint density at radius 1 is 1.33 bits per heavy atom. The summed E-state index contributed by atoms with van der Waals surface area (Å²) < 4.78 is 0. The quantitative estimate of drug-likeness (QED) is 0.611. The van der Waals surface area contributed by atoms with Crippen molar-refractivity contribution in [2.24, 2.45) is 0 Å². The summed E-state index contributed by atoms with van der Waals surface area (Å²) in [5.74, 6) is -0.0498. The van der Waals surface area contributed by atoms with E-state index in [-0.39, 0.29) is 5.92 Å². The first-order chi connectivity index (χ1) is 5.92. The predicted octanol–water partition coefficient (Wildman–Crippen LogP) is 2.30. The highest BCUT2D eigenvalue weighted by molar-refractivity contribution is 5.70. The monoisotopic (exact) mass is 157 g/mol. The SMILES string of the molecule is O=[C]C1CC=Cc2ccccc21. The van der Waals surface area contributed by atoms with Crippen LogP contribution in [0.5, 0.6) is 0 Å². The first kappa shape index (κ1) is 7.29. The van der Waals surface area contributed by atoms with Crippen LogP contribution in [0.1, 0.15) is 23.5 Å². The Hall–Kier alpha value is -1.37. The molecule has 0 spiro atoms. The molecule has 0 N–H and O–H groups in total. The number of rotatable bonds is 1. The third kappa shape index (κ3) is 1.07. The lowest BCUT2D eigenvalue weighted by Gasteiger charge is -2.14. The summed E-state index contributed by atoms with van der Waals surface area (Å²) in [4.78, 5) is 10.6. The summed E-state index contributed by atoms with van der Waals surface area (Å²) >= 11 is 0. The van der Waals surface area contributed by atoms with Crippen molar-refractivity contribution in [3.05, 3.63) is 41.5 Å². The van der Waals surface area contributed by atoms with Gasteiger partial charge in [0.05, 0.1) is 5.92 Å². The molecule has 0 saturated heterocycles. The lowest BCUT2D eigenvalue weighted by molar-refractivity contribution is 0.542. The first-order valence-electron chi connectivity index (χ1n) is 4.05. The van der Waals surface area contributed by atoms with Crippen molar-refractivity contribution < 1.29 is 4.79 Å². The van der Waals surface area contributed by atoms with Crippen molar-refractivity contribution in [1.29, 1.82) is 0 Å². The molecule has 1 heteroatoms. The van der Waals surface area contributed by atoms with Crippen LogP contribution < -0.4 is 0 Å². The normalized spacial score (nSPS) is 20.2. The Kier molecular flexibility index (Phi) is 1.78. The van der Waals surface area contributed by atoms with Gasteiger partial charge in [-0.15, -0.1) is 0 Å². The molecule has 1 radical (unpaired) electrons. The van der Waals surface area contributed by atoms with Crippen LogP contribution in [0.2, 0.25) is 0 Å². The number of hydrogen-bond acceptors (Lipinski definition) is 1. The zero-order valence-corrected chi connectivity index (χ0v) is 6.66. The van der Waals surface area contributed by atoms with E-state index < -0.39 is 0 Å². The Morgan fingerprint density at radius 3 is 3.00 bits per heavy atom. The van der Waals surface area contributed by atoms with E-state index in [0.717, 1.165) is 17.5 Å². The van der Waals surface area contributed by atoms with Gasteiger partial charge in [0.1, 0.15) is 0 Å². The summed E-state index contributed by atoms with van der Waals surface area (Å²) in [6, 6.07) is 7.96. The van der Waals surface area contributed by atoms with Crippen molar-refractivity contribution in [2.45, 2.75) is 12.3 Å². The van der Waals surface area contributed by atoms with Crippen molar-refractivity contribution in [1.82, 2.24) is 0 Å². The minimum absolute atomic E-state index is 0.0498. The number of hydrogen-bond donors (Lipinski definition) is 0. The van der Waals surface area contributed by atoms with E-state index in [9.17, 15) is 4.79 Å². The number of fused-ring (bicyclic) bond motifs is 1. The summed E-state index contributed by atoms with van der Waals surface area (Å²) in [6.07, 6.45) is 6.94.